The fraction of sp³-hybridized carbons (Fsp3) is 0.267. The molecule has 0 saturated carbocycles. The molecule has 0 radical (unpaired) electrons. The molecule has 198 valence electrons. The molecule has 0 aliphatic carbocycles. The second-order valence-corrected chi connectivity index (χ2v) is 9.94. The topological polar surface area (TPSA) is 84.2 Å². The van der Waals surface area contributed by atoms with Crippen molar-refractivity contribution in [2.45, 2.75) is 13.2 Å². The van der Waals surface area contributed by atoms with E-state index < -0.39 is 0 Å². The van der Waals surface area contributed by atoms with Crippen LogP contribution in [-0.2, 0) is 20.2 Å². The quantitative estimate of drug-likeness (QED) is 0.320. The lowest BCUT2D eigenvalue weighted by atomic mass is 10.2. The zero-order chi connectivity index (χ0) is 26.6. The van der Waals surface area contributed by atoms with Crippen LogP contribution in [0.1, 0.15) is 11.3 Å². The van der Waals surface area contributed by atoms with Gasteiger partial charge >= 0.3 is 0 Å². The maximum Gasteiger partial charge on any atom is 0.158 e. The Labute approximate surface area is 228 Å². The number of hydrogen-bond donors (Lipinski definition) is 1. The summed E-state index contributed by atoms with van der Waals surface area (Å²) in [6, 6.07) is 20.0. The third-order valence-electron chi connectivity index (χ3n) is 7.18. The van der Waals surface area contributed by atoms with Crippen molar-refractivity contribution in [2.75, 3.05) is 38.5 Å². The van der Waals surface area contributed by atoms with Crippen LogP contribution in [0.25, 0.3) is 22.4 Å². The molecule has 0 unspecified atom stereocenters. The highest BCUT2D eigenvalue weighted by Gasteiger charge is 2.18. The number of rotatable bonds is 8. The van der Waals surface area contributed by atoms with E-state index in [4.69, 9.17) is 9.72 Å². The summed E-state index contributed by atoms with van der Waals surface area (Å²) < 4.78 is 8.06. The van der Waals surface area contributed by atoms with Crippen LogP contribution in [0.2, 0.25) is 0 Å². The zero-order valence-electron chi connectivity index (χ0n) is 22.3. The minimum atomic E-state index is 0.532. The van der Waals surface area contributed by atoms with Gasteiger partial charge in [-0.05, 0) is 42.9 Å². The number of hydrogen-bond acceptors (Lipinski definition) is 8. The van der Waals surface area contributed by atoms with Gasteiger partial charge in [-0.1, -0.05) is 30.3 Å². The van der Waals surface area contributed by atoms with Crippen molar-refractivity contribution in [1.82, 2.24) is 34.3 Å². The van der Waals surface area contributed by atoms with E-state index in [1.807, 2.05) is 54.7 Å². The monoisotopic (exact) mass is 520 g/mol. The van der Waals surface area contributed by atoms with Crippen LogP contribution in [0.5, 0.6) is 5.75 Å². The number of nitrogens with zero attached hydrogens (tertiary/aromatic N) is 7. The molecule has 3 aromatic heterocycles. The first-order valence-electron chi connectivity index (χ1n) is 13.2. The molecule has 1 fully saturated rings. The highest BCUT2D eigenvalue weighted by atomic mass is 16.5. The number of aromatic nitrogens is 5. The molecule has 1 saturated heterocycles. The molecule has 2 aromatic carbocycles. The fourth-order valence-corrected chi connectivity index (χ4v) is 4.76. The predicted octanol–water partition coefficient (Wildman–Crippen LogP) is 4.50. The summed E-state index contributed by atoms with van der Waals surface area (Å²) in [7, 11) is 4.23. The van der Waals surface area contributed by atoms with E-state index in [-0.39, 0.29) is 0 Å². The van der Waals surface area contributed by atoms with Crippen LogP contribution in [0.4, 0.5) is 11.5 Å². The van der Waals surface area contributed by atoms with Gasteiger partial charge in [0.1, 0.15) is 30.2 Å². The first-order chi connectivity index (χ1) is 19.1. The van der Waals surface area contributed by atoms with E-state index in [1.54, 1.807) is 12.5 Å². The van der Waals surface area contributed by atoms with Crippen molar-refractivity contribution < 1.29 is 4.74 Å². The fourth-order valence-electron chi connectivity index (χ4n) is 4.76. The smallest absolute Gasteiger partial charge is 0.158 e. The maximum absolute atomic E-state index is 5.92. The Morgan fingerprint density at radius 2 is 1.64 bits per heavy atom. The van der Waals surface area contributed by atoms with Crippen LogP contribution < -0.4 is 10.1 Å². The Bertz CT molecular complexity index is 1540. The molecule has 1 N–H and O–H groups in total. The lowest BCUT2D eigenvalue weighted by Crippen LogP contribution is -2.44. The summed E-state index contributed by atoms with van der Waals surface area (Å²) in [5, 5.41) is 4.32. The summed E-state index contributed by atoms with van der Waals surface area (Å²) in [6.07, 6.45) is 5.30. The van der Waals surface area contributed by atoms with E-state index in [2.05, 4.69) is 60.9 Å². The molecule has 0 amide bonds. The van der Waals surface area contributed by atoms with Crippen LogP contribution >= 0.6 is 0 Å². The highest BCUT2D eigenvalue weighted by Crippen LogP contribution is 2.28. The van der Waals surface area contributed by atoms with Crippen LogP contribution in [0.15, 0.2) is 79.4 Å². The predicted molar refractivity (Wildman–Crippen MR) is 153 cm³/mol. The van der Waals surface area contributed by atoms with Gasteiger partial charge < -0.3 is 19.5 Å². The lowest BCUT2D eigenvalue weighted by molar-refractivity contribution is 0.146. The second-order valence-electron chi connectivity index (χ2n) is 9.94. The molecule has 0 bridgehead atoms. The van der Waals surface area contributed by atoms with Crippen molar-refractivity contribution in [1.29, 1.82) is 0 Å². The molecule has 9 nitrogen and oxygen atoms in total. The molecule has 1 aliphatic heterocycles. The van der Waals surface area contributed by atoms with Gasteiger partial charge in [-0.15, -0.1) is 0 Å². The molecule has 5 aromatic rings. The number of nitrogens with one attached hydrogen (secondary N) is 1. The minimum Gasteiger partial charge on any atom is -0.489 e. The van der Waals surface area contributed by atoms with Gasteiger partial charge in [-0.25, -0.2) is 15.0 Å². The number of fused-ring (bicyclic) bond motifs is 1. The number of imidazole rings is 1. The van der Waals surface area contributed by atoms with Gasteiger partial charge in [0.05, 0.1) is 23.6 Å². The number of likely N-dealkylation sites (N-methyl/N-ethyl adjacent to an activating group) is 1. The normalized spacial score (nSPS) is 14.5. The minimum absolute atomic E-state index is 0.532. The van der Waals surface area contributed by atoms with Crippen molar-refractivity contribution >= 4 is 22.4 Å². The molecule has 4 heterocycles. The van der Waals surface area contributed by atoms with Crippen LogP contribution in [0, 0.1) is 0 Å². The number of anilines is 2. The summed E-state index contributed by atoms with van der Waals surface area (Å²) >= 11 is 0. The van der Waals surface area contributed by atoms with E-state index in [0.717, 1.165) is 72.1 Å². The molecule has 39 heavy (non-hydrogen) atoms. The average molecular weight is 521 g/mol. The summed E-state index contributed by atoms with van der Waals surface area (Å²) in [4.78, 5) is 23.2. The average Bonchev–Trinajstić information content (AvgIpc) is 3.34. The largest absolute Gasteiger partial charge is 0.489 e. The second kappa shape index (κ2) is 11.2. The van der Waals surface area contributed by atoms with E-state index in [9.17, 15) is 0 Å². The molecular weight excluding hydrogens is 488 g/mol. The maximum atomic E-state index is 5.92. The van der Waals surface area contributed by atoms with Crippen LogP contribution in [0.3, 0.4) is 0 Å². The Kier molecular flexibility index (Phi) is 7.16. The van der Waals surface area contributed by atoms with Crippen LogP contribution in [-0.4, -0.2) is 67.5 Å². The summed E-state index contributed by atoms with van der Waals surface area (Å²) in [6.45, 7) is 5.73. The van der Waals surface area contributed by atoms with Gasteiger partial charge in [-0.3, -0.25) is 9.88 Å². The first kappa shape index (κ1) is 25.0. The third-order valence-corrected chi connectivity index (χ3v) is 7.18. The number of piperazine rings is 1. The van der Waals surface area contributed by atoms with Gasteiger partial charge in [0.2, 0.25) is 0 Å². The van der Waals surface area contributed by atoms with E-state index in [1.165, 1.54) is 5.69 Å². The molecule has 0 spiro atoms. The molecular formula is C30H32N8O. The number of benzene rings is 2. The standard InChI is InChI=1S/C30H32N8O/c1-36-12-14-38(15-13-36)19-24-17-32-30(37(24)2)27-16-26-28(18-31-27)33-21-34-29(26)35-23-8-10-25(11-9-23)39-20-22-6-4-3-5-7-22/h3-11,16-18,21H,12-15,19-20H2,1-2H3,(H,33,34,35). The van der Waals surface area contributed by atoms with Gasteiger partial charge in [0.15, 0.2) is 5.82 Å². The summed E-state index contributed by atoms with van der Waals surface area (Å²) in [5.41, 5.74) is 4.78. The molecule has 0 atom stereocenters. The molecule has 9 heteroatoms. The lowest BCUT2D eigenvalue weighted by Gasteiger charge is -2.32. The number of pyridine rings is 1. The van der Waals surface area contributed by atoms with E-state index in [0.29, 0.717) is 12.4 Å². The van der Waals surface area contributed by atoms with Crippen molar-refractivity contribution in [3.05, 3.63) is 90.6 Å². The Hall–Kier alpha value is -4.34. The van der Waals surface area contributed by atoms with Crippen molar-refractivity contribution in [3.8, 4) is 17.3 Å². The molecule has 1 aliphatic rings. The summed E-state index contributed by atoms with van der Waals surface area (Å²) in [5.74, 6) is 2.36. The van der Waals surface area contributed by atoms with E-state index >= 15 is 0 Å². The van der Waals surface area contributed by atoms with Crippen molar-refractivity contribution in [3.63, 3.8) is 0 Å². The Balaban J connectivity index is 1.19. The zero-order valence-corrected chi connectivity index (χ0v) is 22.3. The first-order valence-corrected chi connectivity index (χ1v) is 13.2. The van der Waals surface area contributed by atoms with Gasteiger partial charge in [-0.2, -0.15) is 0 Å². The van der Waals surface area contributed by atoms with Crippen molar-refractivity contribution in [2.24, 2.45) is 7.05 Å². The SMILES string of the molecule is CN1CCN(Cc2cnc(-c3cc4c(Nc5ccc(OCc6ccccc6)cc5)ncnc4cn3)n2C)CC1. The highest BCUT2D eigenvalue weighted by molar-refractivity contribution is 5.92. The number of ether oxygens (including phenoxy) is 1. The molecule has 6 rings (SSSR count). The Morgan fingerprint density at radius 1 is 0.846 bits per heavy atom. The third kappa shape index (κ3) is 5.74. The van der Waals surface area contributed by atoms with Gasteiger partial charge in [0, 0.05) is 50.8 Å². The Morgan fingerprint density at radius 3 is 2.44 bits per heavy atom. The van der Waals surface area contributed by atoms with Gasteiger partial charge in [0.25, 0.3) is 0 Å².